The summed E-state index contributed by atoms with van der Waals surface area (Å²) in [5, 5.41) is 18.0. The van der Waals surface area contributed by atoms with Crippen molar-refractivity contribution >= 4 is 128 Å². The lowest BCUT2D eigenvalue weighted by molar-refractivity contribution is -0.150. The second-order valence-electron chi connectivity index (χ2n) is 26.9. The molecule has 0 aromatic heterocycles. The zero-order chi connectivity index (χ0) is 71.4. The van der Waals surface area contributed by atoms with Crippen molar-refractivity contribution in [2.45, 2.75) is 209 Å². The van der Waals surface area contributed by atoms with Gasteiger partial charge in [-0.05, 0) is 197 Å². The molecule has 1 atom stereocenters. The van der Waals surface area contributed by atoms with E-state index in [-0.39, 0.29) is 46.8 Å². The van der Waals surface area contributed by atoms with Crippen molar-refractivity contribution in [1.29, 1.82) is 10.5 Å². The molecule has 0 saturated carbocycles. The van der Waals surface area contributed by atoms with Crippen LogP contribution in [0.5, 0.6) is 0 Å². The number of esters is 2. The lowest BCUT2D eigenvalue weighted by Gasteiger charge is -2.48. The highest BCUT2D eigenvalue weighted by molar-refractivity contribution is 6.90. The molecule has 4 aliphatic rings. The van der Waals surface area contributed by atoms with Crippen molar-refractivity contribution in [2.24, 2.45) is 5.41 Å². The molecule has 2 bridgehead atoms. The number of ether oxygens (including phenoxy) is 1. The smallest absolute Gasteiger partial charge is 0.338 e. The van der Waals surface area contributed by atoms with Crippen LogP contribution < -0.4 is 4.84 Å². The first-order valence-electron chi connectivity index (χ1n) is 30.7. The number of fused-ring (bicyclic) bond motifs is 1. The maximum absolute atomic E-state index is 12.1. The van der Waals surface area contributed by atoms with Gasteiger partial charge in [-0.3, -0.25) is 9.59 Å². The summed E-state index contributed by atoms with van der Waals surface area (Å²) >= 11 is 10.8. The van der Waals surface area contributed by atoms with Crippen LogP contribution in [0, 0.1) is 34.6 Å². The Morgan fingerprint density at radius 2 is 0.945 bits per heavy atom. The topological polar surface area (TPSA) is 232 Å². The van der Waals surface area contributed by atoms with Crippen molar-refractivity contribution in [3.05, 3.63) is 119 Å². The Hall–Kier alpha value is -3.55. The van der Waals surface area contributed by atoms with E-state index in [9.17, 15) is 29.2 Å². The fourth-order valence-corrected chi connectivity index (χ4v) is 48.5. The Morgan fingerprint density at radius 3 is 1.22 bits per heavy atom. The van der Waals surface area contributed by atoms with E-state index >= 15 is 0 Å². The summed E-state index contributed by atoms with van der Waals surface area (Å²) in [5.74, 6) is -1.94. The van der Waals surface area contributed by atoms with Crippen LogP contribution in [0.4, 0.5) is 0 Å². The molecule has 0 radical (unpaired) electrons. The number of carbonyl (C=O) groups excluding carboxylic acids is 5. The highest BCUT2D eigenvalue weighted by Gasteiger charge is 2.57. The monoisotopic (exact) mass is 1450 g/mol. The molecule has 1 aliphatic heterocycles. The van der Waals surface area contributed by atoms with E-state index in [1.165, 1.54) is 24.0 Å². The number of unbranched alkanes of at least 4 members (excludes halogenated alkanes) is 1. The molecule has 2 aromatic rings. The summed E-state index contributed by atoms with van der Waals surface area (Å²) in [6.45, 7) is 67.6. The minimum absolute atomic E-state index is 0.0671. The number of nitrogens with one attached hydrogen (secondary N) is 1. The van der Waals surface area contributed by atoms with Crippen LogP contribution in [0.25, 0.3) is 4.85 Å². The summed E-state index contributed by atoms with van der Waals surface area (Å²) in [6, 6.07) is 20.5. The minimum Gasteiger partial charge on any atom is -0.437 e. The van der Waals surface area contributed by atoms with Gasteiger partial charge in [0, 0.05) is 55.8 Å². The number of allylic oxidation sites excluding steroid dienone is 2. The van der Waals surface area contributed by atoms with Crippen LogP contribution in [0.2, 0.25) is 143 Å². The number of hydrogen-bond donors (Lipinski definition) is 1. The third-order valence-corrected chi connectivity index (χ3v) is 42.3. The summed E-state index contributed by atoms with van der Waals surface area (Å²) < 4.78 is 52.2. The number of halogens is 2. The Kier molecular flexibility index (Phi) is 38.8. The van der Waals surface area contributed by atoms with E-state index in [1.54, 1.807) is 6.07 Å². The summed E-state index contributed by atoms with van der Waals surface area (Å²) in [6.07, 6.45) is 5.29. The fourth-order valence-electron chi connectivity index (χ4n) is 10.3. The number of nitriles is 2. The van der Waals surface area contributed by atoms with Gasteiger partial charge < -0.3 is 43.1 Å². The molecule has 1 heterocycles. The van der Waals surface area contributed by atoms with Crippen LogP contribution in [0.1, 0.15) is 88.0 Å². The van der Waals surface area contributed by atoms with Gasteiger partial charge in [0.2, 0.25) is 10.9 Å². The van der Waals surface area contributed by atoms with Crippen molar-refractivity contribution in [3.8, 4) is 12.1 Å². The van der Waals surface area contributed by atoms with E-state index in [4.69, 9.17) is 68.8 Å². The lowest BCUT2D eigenvalue weighted by Crippen LogP contribution is -2.54. The maximum Gasteiger partial charge on any atom is 0.338 e. The number of nitrogens with zero attached hydrogens (tertiary/aromatic N) is 3. The van der Waals surface area contributed by atoms with Crippen LogP contribution in [0.15, 0.2) is 85.1 Å². The molecule has 6 rings (SSSR count). The van der Waals surface area contributed by atoms with Gasteiger partial charge in [-0.25, -0.2) is 19.3 Å². The molecular weight excluding hydrogens is 1350 g/mol. The SMILES string of the molecule is CCCC.CCNCl.CCO[Si](C)(C)O[Si](C)(C)O[Si](C)(C)OCC.C[Si](C)(C)O[Si](C)(C)O[Si](C)(C)C.N#CC1(C(=O)Cl)CC2c3ccccc3C1c1ccccc12.O=C1C=CC(=O)O1.[C-]#[N+]C(=C)C(=O)C[Si](C)(C)O[Si](C)(C)O[Si](C)(C)CC(=O)C(=C)C#N. The van der Waals surface area contributed by atoms with Crippen LogP contribution in [-0.2, 0) is 62.3 Å². The van der Waals surface area contributed by atoms with Gasteiger partial charge in [0.1, 0.15) is 11.5 Å². The predicted octanol–water partition coefficient (Wildman–Crippen LogP) is 16.5. The molecule has 91 heavy (non-hydrogen) atoms. The van der Waals surface area contributed by atoms with Crippen LogP contribution in [-0.4, -0.2) is 125 Å². The summed E-state index contributed by atoms with van der Waals surface area (Å²) in [5.41, 5.74) is 3.30. The number of cyclic esters (lactones) is 2. The van der Waals surface area contributed by atoms with Gasteiger partial charge in [-0.15, -0.1) is 0 Å². The van der Waals surface area contributed by atoms with Crippen molar-refractivity contribution in [3.63, 3.8) is 0 Å². The van der Waals surface area contributed by atoms with Gasteiger partial charge in [0.05, 0.1) is 18.2 Å². The number of benzene rings is 2. The van der Waals surface area contributed by atoms with E-state index in [1.807, 2.05) is 96.5 Å². The highest BCUT2D eigenvalue weighted by Crippen LogP contribution is 2.61. The second-order valence-corrected chi connectivity index (χ2v) is 63.2. The predicted molar refractivity (Wildman–Crippen MR) is 389 cm³/mol. The van der Waals surface area contributed by atoms with Crippen LogP contribution >= 0.6 is 23.4 Å². The Balaban J connectivity index is 0. The molecule has 18 nitrogen and oxygen atoms in total. The van der Waals surface area contributed by atoms with Crippen LogP contribution in [0.3, 0.4) is 0 Å². The number of rotatable bonds is 25. The molecule has 0 saturated heterocycles. The fraction of sp³-hybridized carbons (Fsp3) is 0.581. The zero-order valence-electron chi connectivity index (χ0n) is 59.3. The zero-order valence-corrected chi connectivity index (χ0v) is 69.8. The lowest BCUT2D eigenvalue weighted by atomic mass is 9.53. The van der Waals surface area contributed by atoms with Gasteiger partial charge in [0.25, 0.3) is 0 Å². The average molecular weight is 1460 g/mol. The third-order valence-electron chi connectivity index (χ3n) is 12.3. The molecule has 1 N–H and O–H groups in total. The van der Waals surface area contributed by atoms with E-state index in [0.717, 1.165) is 29.8 Å². The number of hydrogen-bond acceptors (Lipinski definition) is 17. The molecule has 2 aromatic carbocycles. The quantitative estimate of drug-likeness (QED) is 0.0142. The van der Waals surface area contributed by atoms with Gasteiger partial charge >= 0.3 is 54.7 Å². The molecule has 0 fully saturated rings. The molecular formula is C62H108Cl2N4O14Si9. The van der Waals surface area contributed by atoms with Gasteiger partial charge in [0.15, 0.2) is 44.8 Å². The van der Waals surface area contributed by atoms with Crippen molar-refractivity contribution in [1.82, 2.24) is 4.84 Å². The van der Waals surface area contributed by atoms with Gasteiger partial charge in [-0.2, -0.15) is 10.5 Å². The molecule has 3 aliphatic carbocycles. The summed E-state index contributed by atoms with van der Waals surface area (Å²) in [7, 11) is -18.4. The van der Waals surface area contributed by atoms with Crippen molar-refractivity contribution in [2.75, 3.05) is 19.8 Å². The maximum atomic E-state index is 12.1. The largest absolute Gasteiger partial charge is 0.437 e. The Morgan fingerprint density at radius 1 is 0.604 bits per heavy atom. The molecule has 0 spiro atoms. The number of ketones is 2. The second kappa shape index (κ2) is 39.5. The first-order valence-corrected chi connectivity index (χ1v) is 58.6. The Bertz CT molecular complexity index is 2750. The standard InChI is InChI=1S/C18H12ClNO.C16H26N2O4Si3.C10H28O4Si3.C8H24O2Si3.C4H2O3.C4H10.C2H6ClN/c19-17(21)18(10-20)9-15-11-5-1-3-7-13(11)16(18)14-8-4-2-6-12(14)15;1-13(10-17)15(19)11-23(4,5)21-25(8,9)22-24(6,7)12-16(20)14(2)18-3;1-9-11-15(3,4)13-17(7,8)14-16(5,6)12-10-2;1-11(2,3)9-13(7,8)10-12(4,5)6;5-3-1-2-4(6)7-3;1-3-4-2;1-2-4-3/h1-8,15-16H,9H2;1-2,11-12H2,4-9H3;9-10H2,1-8H3;1-8H3;1-2H;3-4H2,1-2H3;4H,2H2,1H3. The summed E-state index contributed by atoms with van der Waals surface area (Å²) in [4.78, 5) is 61.3. The number of carbonyl (C=O) groups is 5. The van der Waals surface area contributed by atoms with E-state index < -0.39 is 98.7 Å². The molecule has 29 heteroatoms. The third kappa shape index (κ3) is 35.7. The molecule has 0 amide bonds. The average Bonchev–Trinajstić information content (AvgIpc) is 0.895. The Labute approximate surface area is 566 Å². The molecule has 510 valence electrons. The first kappa shape index (κ1) is 89.5. The minimum atomic E-state index is -2.60. The normalized spacial score (nSPS) is 16.6. The van der Waals surface area contributed by atoms with Gasteiger partial charge in [-0.1, -0.05) is 95.3 Å². The number of Topliss-reactive ketones (excluding diaryl/α,β-unsaturated/α-hetero) is 2. The highest BCUT2D eigenvalue weighted by atomic mass is 35.5. The van der Waals surface area contributed by atoms with E-state index in [0.29, 0.717) is 19.6 Å². The van der Waals surface area contributed by atoms with Crippen molar-refractivity contribution < 1.29 is 62.3 Å². The first-order chi connectivity index (χ1) is 41.4. The van der Waals surface area contributed by atoms with E-state index in [2.05, 4.69) is 151 Å². The molecule has 1 unspecified atom stereocenters.